The molecular weight excluding hydrogens is 376 g/mol. The van der Waals surface area contributed by atoms with Crippen LogP contribution < -0.4 is 14.3 Å². The number of carbonyl (C=O) groups is 1. The zero-order valence-corrected chi connectivity index (χ0v) is 17.3. The number of ether oxygens (including phenoxy) is 3. The number of rotatable bonds is 7. The van der Waals surface area contributed by atoms with E-state index in [4.69, 9.17) is 14.2 Å². The van der Waals surface area contributed by atoms with Crippen LogP contribution in [0.5, 0.6) is 11.5 Å². The highest BCUT2D eigenvalue weighted by molar-refractivity contribution is 7.16. The number of fused-ring (bicyclic) bond motifs is 1. The van der Waals surface area contributed by atoms with Crippen LogP contribution in [0.3, 0.4) is 0 Å². The van der Waals surface area contributed by atoms with E-state index in [0.717, 1.165) is 10.2 Å². The van der Waals surface area contributed by atoms with Gasteiger partial charge in [-0.05, 0) is 49.2 Å². The Bertz CT molecular complexity index is 1050. The van der Waals surface area contributed by atoms with E-state index < -0.39 is 0 Å². The molecule has 0 radical (unpaired) electrons. The third-order valence-corrected chi connectivity index (χ3v) is 5.50. The van der Waals surface area contributed by atoms with Gasteiger partial charge in [0.1, 0.15) is 0 Å². The summed E-state index contributed by atoms with van der Waals surface area (Å²) in [7, 11) is 3.22. The van der Waals surface area contributed by atoms with E-state index in [1.165, 1.54) is 22.5 Å². The van der Waals surface area contributed by atoms with Gasteiger partial charge in [-0.15, -0.1) is 0 Å². The maximum absolute atomic E-state index is 12.5. The van der Waals surface area contributed by atoms with Crippen molar-refractivity contribution in [1.29, 1.82) is 0 Å². The highest BCUT2D eigenvalue weighted by Gasteiger charge is 2.11. The van der Waals surface area contributed by atoms with Gasteiger partial charge in [0.25, 0.3) is 5.91 Å². The molecule has 1 heterocycles. The first-order chi connectivity index (χ1) is 13.5. The molecule has 0 N–H and O–H groups in total. The van der Waals surface area contributed by atoms with Gasteiger partial charge in [-0.2, -0.15) is 4.99 Å². The molecule has 0 aliphatic rings. The Kier molecular flexibility index (Phi) is 6.49. The minimum atomic E-state index is -0.350. The molecule has 0 bridgehead atoms. The second-order valence-electron chi connectivity index (χ2n) is 6.38. The maximum atomic E-state index is 12.5. The number of para-hydroxylation sites is 2. The molecule has 0 saturated carbocycles. The Morgan fingerprint density at radius 3 is 2.54 bits per heavy atom. The van der Waals surface area contributed by atoms with Crippen molar-refractivity contribution in [2.45, 2.75) is 20.4 Å². The first-order valence-electron chi connectivity index (χ1n) is 8.96. The highest BCUT2D eigenvalue weighted by Crippen LogP contribution is 2.25. The number of methoxy groups -OCH3 is 2. The van der Waals surface area contributed by atoms with Crippen LogP contribution in [0.15, 0.2) is 41.4 Å². The lowest BCUT2D eigenvalue weighted by Crippen LogP contribution is -2.21. The lowest BCUT2D eigenvalue weighted by Gasteiger charge is -2.08. The predicted molar refractivity (Wildman–Crippen MR) is 110 cm³/mol. The van der Waals surface area contributed by atoms with E-state index in [9.17, 15) is 4.79 Å². The summed E-state index contributed by atoms with van der Waals surface area (Å²) in [5, 5.41) is 0. The quantitative estimate of drug-likeness (QED) is 0.609. The van der Waals surface area contributed by atoms with Gasteiger partial charge in [0, 0.05) is 13.7 Å². The highest BCUT2D eigenvalue weighted by atomic mass is 32.1. The summed E-state index contributed by atoms with van der Waals surface area (Å²) >= 11 is 1.49. The molecule has 3 rings (SSSR count). The molecular formula is C21H24N2O4S. The number of hydrogen-bond acceptors (Lipinski definition) is 5. The number of thiazole rings is 1. The molecule has 0 unspecified atom stereocenters. The molecule has 0 fully saturated rings. The van der Waals surface area contributed by atoms with Crippen molar-refractivity contribution in [3.05, 3.63) is 52.3 Å². The second-order valence-corrected chi connectivity index (χ2v) is 7.39. The van der Waals surface area contributed by atoms with Crippen LogP contribution in [0.1, 0.15) is 11.1 Å². The molecule has 1 amide bonds. The van der Waals surface area contributed by atoms with Crippen molar-refractivity contribution in [1.82, 2.24) is 4.57 Å². The molecule has 0 saturated heterocycles. The summed E-state index contributed by atoms with van der Waals surface area (Å²) in [6.07, 6.45) is 0. The monoisotopic (exact) mass is 400 g/mol. The van der Waals surface area contributed by atoms with Crippen molar-refractivity contribution in [3.8, 4) is 11.5 Å². The summed E-state index contributed by atoms with van der Waals surface area (Å²) in [6.45, 7) is 5.17. The van der Waals surface area contributed by atoms with E-state index >= 15 is 0 Å². The van der Waals surface area contributed by atoms with Gasteiger partial charge in [0.2, 0.25) is 0 Å². The molecule has 1 aromatic heterocycles. The summed E-state index contributed by atoms with van der Waals surface area (Å²) in [5.41, 5.74) is 3.47. The van der Waals surface area contributed by atoms with Crippen LogP contribution in [0.25, 0.3) is 10.2 Å². The molecule has 0 atom stereocenters. The third kappa shape index (κ3) is 4.43. The van der Waals surface area contributed by atoms with Gasteiger partial charge in [-0.25, -0.2) is 0 Å². The van der Waals surface area contributed by atoms with Crippen LogP contribution in [-0.4, -0.2) is 37.9 Å². The molecule has 3 aromatic rings. The number of aryl methyl sites for hydroxylation is 2. The zero-order chi connectivity index (χ0) is 20.1. The average molecular weight is 401 g/mol. The Hall–Kier alpha value is -2.64. The summed E-state index contributed by atoms with van der Waals surface area (Å²) in [4.78, 5) is 17.4. The van der Waals surface area contributed by atoms with Crippen molar-refractivity contribution in [2.75, 3.05) is 27.4 Å². The van der Waals surface area contributed by atoms with Gasteiger partial charge in [-0.1, -0.05) is 23.5 Å². The lowest BCUT2D eigenvalue weighted by atomic mass is 10.1. The number of carbonyl (C=O) groups excluding carboxylic acids is 1. The minimum Gasteiger partial charge on any atom is -0.493 e. The largest absolute Gasteiger partial charge is 0.493 e. The molecule has 0 aliphatic heterocycles. The minimum absolute atomic E-state index is 0.156. The van der Waals surface area contributed by atoms with Crippen molar-refractivity contribution in [3.63, 3.8) is 0 Å². The fourth-order valence-corrected chi connectivity index (χ4v) is 3.98. The summed E-state index contributed by atoms with van der Waals surface area (Å²) < 4.78 is 19.2. The number of amides is 1. The van der Waals surface area contributed by atoms with Crippen molar-refractivity contribution in [2.24, 2.45) is 4.99 Å². The van der Waals surface area contributed by atoms with E-state index in [2.05, 4.69) is 31.0 Å². The molecule has 0 spiro atoms. The first kappa shape index (κ1) is 20.1. The van der Waals surface area contributed by atoms with Crippen LogP contribution in [0, 0.1) is 13.8 Å². The average Bonchev–Trinajstić information content (AvgIpc) is 3.01. The molecule has 0 aliphatic carbocycles. The Labute approximate surface area is 168 Å². The zero-order valence-electron chi connectivity index (χ0n) is 16.5. The van der Waals surface area contributed by atoms with Gasteiger partial charge < -0.3 is 18.8 Å². The molecule has 28 heavy (non-hydrogen) atoms. The maximum Gasteiger partial charge on any atom is 0.286 e. The topological polar surface area (TPSA) is 62.1 Å². The van der Waals surface area contributed by atoms with Gasteiger partial charge >= 0.3 is 0 Å². The summed E-state index contributed by atoms with van der Waals surface area (Å²) in [6, 6.07) is 11.5. The fourth-order valence-electron chi connectivity index (χ4n) is 2.82. The summed E-state index contributed by atoms with van der Waals surface area (Å²) in [5.74, 6) is 0.749. The van der Waals surface area contributed by atoms with E-state index in [1.54, 1.807) is 26.4 Å². The standard InChI is InChI=1S/C21H24N2O4S/c1-14-11-16-19(12-15(14)2)28-21(23(16)9-10-25-3)22-20(24)13-27-18-8-6-5-7-17(18)26-4/h5-8,11-12H,9-10,13H2,1-4H3. The lowest BCUT2D eigenvalue weighted by molar-refractivity contribution is -0.120. The SMILES string of the molecule is COCCn1c(=NC(=O)COc2ccccc2OC)sc2cc(C)c(C)cc21. The molecule has 6 nitrogen and oxygen atoms in total. The van der Waals surface area contributed by atoms with E-state index in [0.29, 0.717) is 29.5 Å². The van der Waals surface area contributed by atoms with Crippen LogP contribution in [-0.2, 0) is 16.1 Å². The number of aromatic nitrogens is 1. The molecule has 148 valence electrons. The van der Waals surface area contributed by atoms with Gasteiger partial charge in [-0.3, -0.25) is 4.79 Å². The van der Waals surface area contributed by atoms with Gasteiger partial charge in [0.15, 0.2) is 22.9 Å². The predicted octanol–water partition coefficient (Wildman–Crippen LogP) is 3.48. The number of nitrogens with zero attached hydrogens (tertiary/aromatic N) is 2. The van der Waals surface area contributed by atoms with Crippen LogP contribution in [0.2, 0.25) is 0 Å². The third-order valence-electron chi connectivity index (χ3n) is 4.46. The first-order valence-corrected chi connectivity index (χ1v) is 9.78. The number of benzene rings is 2. The van der Waals surface area contributed by atoms with Crippen molar-refractivity contribution < 1.29 is 19.0 Å². The molecule has 2 aromatic carbocycles. The second kappa shape index (κ2) is 9.03. The van der Waals surface area contributed by atoms with Gasteiger partial charge in [0.05, 0.1) is 23.9 Å². The number of hydrogen-bond donors (Lipinski definition) is 0. The normalized spacial score (nSPS) is 11.8. The smallest absolute Gasteiger partial charge is 0.286 e. The van der Waals surface area contributed by atoms with E-state index in [-0.39, 0.29) is 12.5 Å². The van der Waals surface area contributed by atoms with E-state index in [1.807, 2.05) is 16.7 Å². The Morgan fingerprint density at radius 2 is 1.82 bits per heavy atom. The fraction of sp³-hybridized carbons (Fsp3) is 0.333. The van der Waals surface area contributed by atoms with Crippen LogP contribution in [0.4, 0.5) is 0 Å². The Balaban J connectivity index is 1.90. The van der Waals surface area contributed by atoms with Crippen LogP contribution >= 0.6 is 11.3 Å². The van der Waals surface area contributed by atoms with Crippen molar-refractivity contribution >= 4 is 27.5 Å². The Morgan fingerprint density at radius 1 is 1.11 bits per heavy atom. The molecule has 7 heteroatoms.